The van der Waals surface area contributed by atoms with Gasteiger partial charge in [-0.25, -0.2) is 0 Å². The molecule has 1 atom stereocenters. The van der Waals surface area contributed by atoms with Gasteiger partial charge in [0.15, 0.2) is 6.10 Å². The molecule has 0 aliphatic heterocycles. The quantitative estimate of drug-likeness (QED) is 0.0271. The summed E-state index contributed by atoms with van der Waals surface area (Å²) in [4.78, 5) is 37.7. The Hall–Kier alpha value is -4.97. The van der Waals surface area contributed by atoms with Crippen LogP contribution in [0.1, 0.15) is 136 Å². The highest BCUT2D eigenvalue weighted by atomic mass is 16.6. The van der Waals surface area contributed by atoms with Crippen molar-refractivity contribution in [1.82, 2.24) is 0 Å². The summed E-state index contributed by atoms with van der Waals surface area (Å²) in [6.45, 7) is 6.03. The molecule has 0 heterocycles. The lowest BCUT2D eigenvalue weighted by Gasteiger charge is -2.18. The van der Waals surface area contributed by atoms with E-state index in [4.69, 9.17) is 14.2 Å². The SMILES string of the molecule is CC/C=C/C=C/C=C/C=C/C=C/CCCC(=O)OCC(COC(=O)CCCCCCCCC/C=C/C=C/C=C/CC)OC(=O)CCC/C=C/C=C/C=C/C=C/C=C/CC. The number of unbranched alkanes of at least 4 members (excludes halogenated alkanes) is 9. The third-order valence-electron chi connectivity index (χ3n) is 8.33. The van der Waals surface area contributed by atoms with E-state index in [0.29, 0.717) is 25.7 Å². The molecule has 59 heavy (non-hydrogen) atoms. The van der Waals surface area contributed by atoms with Gasteiger partial charge in [-0.2, -0.15) is 0 Å². The average Bonchev–Trinajstić information content (AvgIpc) is 3.23. The highest BCUT2D eigenvalue weighted by molar-refractivity contribution is 5.71. The fraction of sp³-hybridized carbons (Fsp3) is 0.453. The number of hydrogen-bond acceptors (Lipinski definition) is 6. The Balaban J connectivity index is 4.67. The molecule has 0 aromatic carbocycles. The minimum absolute atomic E-state index is 0.144. The Morgan fingerprint density at radius 3 is 1.02 bits per heavy atom. The summed E-state index contributed by atoms with van der Waals surface area (Å²) in [6.07, 6.45) is 66.7. The third-order valence-corrected chi connectivity index (χ3v) is 8.33. The second-order valence-electron chi connectivity index (χ2n) is 13.8. The lowest BCUT2D eigenvalue weighted by atomic mass is 10.1. The molecular formula is C53H76O6. The van der Waals surface area contributed by atoms with E-state index in [1.165, 1.54) is 19.3 Å². The molecule has 0 aliphatic rings. The van der Waals surface area contributed by atoms with Gasteiger partial charge in [0.25, 0.3) is 0 Å². The lowest BCUT2D eigenvalue weighted by molar-refractivity contribution is -0.167. The molecule has 0 fully saturated rings. The number of carbonyl (C=O) groups is 3. The number of hydrogen-bond donors (Lipinski definition) is 0. The molecule has 0 aliphatic carbocycles. The fourth-order valence-electron chi connectivity index (χ4n) is 5.09. The van der Waals surface area contributed by atoms with Crippen LogP contribution in [0.25, 0.3) is 0 Å². The largest absolute Gasteiger partial charge is 0.462 e. The predicted molar refractivity (Wildman–Crippen MR) is 251 cm³/mol. The van der Waals surface area contributed by atoms with Gasteiger partial charge in [0.05, 0.1) is 0 Å². The van der Waals surface area contributed by atoms with Gasteiger partial charge in [0.1, 0.15) is 13.2 Å². The minimum atomic E-state index is -0.855. The fourth-order valence-corrected chi connectivity index (χ4v) is 5.09. The summed E-state index contributed by atoms with van der Waals surface area (Å²) in [5.74, 6) is -1.13. The summed E-state index contributed by atoms with van der Waals surface area (Å²) in [6, 6.07) is 0. The molecule has 0 radical (unpaired) electrons. The summed E-state index contributed by atoms with van der Waals surface area (Å²) >= 11 is 0. The van der Waals surface area contributed by atoms with Gasteiger partial charge in [0, 0.05) is 19.3 Å². The van der Waals surface area contributed by atoms with Crippen LogP contribution in [0.2, 0.25) is 0 Å². The molecule has 0 bridgehead atoms. The summed E-state index contributed by atoms with van der Waals surface area (Å²) in [7, 11) is 0. The highest BCUT2D eigenvalue weighted by Crippen LogP contribution is 2.11. The first-order valence-corrected chi connectivity index (χ1v) is 22.2. The van der Waals surface area contributed by atoms with Crippen molar-refractivity contribution < 1.29 is 28.6 Å². The molecule has 0 saturated carbocycles. The van der Waals surface area contributed by atoms with Gasteiger partial charge in [0.2, 0.25) is 0 Å². The van der Waals surface area contributed by atoms with E-state index in [1.54, 1.807) is 0 Å². The van der Waals surface area contributed by atoms with E-state index < -0.39 is 12.1 Å². The summed E-state index contributed by atoms with van der Waals surface area (Å²) < 4.78 is 16.5. The average molecular weight is 809 g/mol. The van der Waals surface area contributed by atoms with Crippen LogP contribution in [-0.4, -0.2) is 37.2 Å². The minimum Gasteiger partial charge on any atom is -0.462 e. The first-order chi connectivity index (χ1) is 29.0. The standard InChI is InChI=1S/C53H76O6/c1-4-7-10-13-16-19-22-25-26-29-31-34-37-40-43-46-52(55)58-49-50(59-53(56)47-44-41-38-35-32-28-24-21-18-15-12-9-6-3)48-57-51(54)45-42-39-36-33-30-27-23-20-17-14-11-8-5-2/h7-24,27-28,30,32-33,35-36,38,50H,4-6,25-26,29,31,34,37,39-49H2,1-3H3/b10-7+,11-8+,12-9+,16-13+,17-14+,18-15+,22-19+,23-20+,24-21+,30-27+,32-28+,36-33+,38-35+. The number of allylic oxidation sites excluding steroid dienone is 26. The Labute approximate surface area is 359 Å². The van der Waals surface area contributed by atoms with Gasteiger partial charge in [-0.15, -0.1) is 0 Å². The van der Waals surface area contributed by atoms with E-state index in [1.807, 2.05) is 109 Å². The molecule has 0 rings (SSSR count). The van der Waals surface area contributed by atoms with Crippen molar-refractivity contribution in [1.29, 1.82) is 0 Å². The number of rotatable bonds is 36. The van der Waals surface area contributed by atoms with Gasteiger partial charge in [-0.05, 0) is 64.2 Å². The smallest absolute Gasteiger partial charge is 0.306 e. The zero-order valence-corrected chi connectivity index (χ0v) is 36.7. The van der Waals surface area contributed by atoms with Crippen LogP contribution in [0.5, 0.6) is 0 Å². The van der Waals surface area contributed by atoms with Gasteiger partial charge in [-0.3, -0.25) is 14.4 Å². The molecule has 0 saturated heterocycles. The van der Waals surface area contributed by atoms with Crippen LogP contribution >= 0.6 is 0 Å². The number of ether oxygens (including phenoxy) is 3. The summed E-state index contributed by atoms with van der Waals surface area (Å²) in [5, 5.41) is 0. The molecule has 0 spiro atoms. The van der Waals surface area contributed by atoms with E-state index in [0.717, 1.165) is 57.8 Å². The van der Waals surface area contributed by atoms with E-state index >= 15 is 0 Å². The zero-order valence-electron chi connectivity index (χ0n) is 36.7. The topological polar surface area (TPSA) is 78.9 Å². The summed E-state index contributed by atoms with van der Waals surface area (Å²) in [5.41, 5.74) is 0. The van der Waals surface area contributed by atoms with Crippen LogP contribution in [0.15, 0.2) is 158 Å². The molecule has 0 aromatic heterocycles. The van der Waals surface area contributed by atoms with Crippen molar-refractivity contribution in [3.05, 3.63) is 158 Å². The highest BCUT2D eigenvalue weighted by Gasteiger charge is 2.19. The van der Waals surface area contributed by atoms with Gasteiger partial charge in [-0.1, -0.05) is 211 Å². The Morgan fingerprint density at radius 2 is 0.627 bits per heavy atom. The normalized spacial score (nSPS) is 13.6. The molecule has 0 N–H and O–H groups in total. The van der Waals surface area contributed by atoms with Crippen molar-refractivity contribution in [2.24, 2.45) is 0 Å². The Morgan fingerprint density at radius 1 is 0.339 bits per heavy atom. The van der Waals surface area contributed by atoms with Crippen molar-refractivity contribution >= 4 is 17.9 Å². The molecule has 6 heteroatoms. The number of esters is 3. The van der Waals surface area contributed by atoms with Crippen molar-refractivity contribution in [3.63, 3.8) is 0 Å². The maximum Gasteiger partial charge on any atom is 0.306 e. The molecular weight excluding hydrogens is 733 g/mol. The number of carbonyl (C=O) groups excluding carboxylic acids is 3. The monoisotopic (exact) mass is 809 g/mol. The van der Waals surface area contributed by atoms with E-state index in [2.05, 4.69) is 69.4 Å². The van der Waals surface area contributed by atoms with Crippen LogP contribution < -0.4 is 0 Å². The first-order valence-electron chi connectivity index (χ1n) is 22.2. The molecule has 6 nitrogen and oxygen atoms in total. The maximum atomic E-state index is 12.7. The van der Waals surface area contributed by atoms with Crippen molar-refractivity contribution in [2.45, 2.75) is 142 Å². The molecule has 0 aromatic rings. The Bertz CT molecular complexity index is 1440. The molecule has 0 amide bonds. The van der Waals surface area contributed by atoms with Crippen LogP contribution in [0.3, 0.4) is 0 Å². The van der Waals surface area contributed by atoms with E-state index in [-0.39, 0.29) is 38.0 Å². The zero-order chi connectivity index (χ0) is 43.0. The van der Waals surface area contributed by atoms with Crippen molar-refractivity contribution in [3.8, 4) is 0 Å². The second kappa shape index (κ2) is 45.7. The lowest BCUT2D eigenvalue weighted by Crippen LogP contribution is -2.30. The third kappa shape index (κ3) is 44.0. The van der Waals surface area contributed by atoms with Crippen LogP contribution in [0.4, 0.5) is 0 Å². The predicted octanol–water partition coefficient (Wildman–Crippen LogP) is 14.3. The first kappa shape index (κ1) is 54.0. The molecule has 1 unspecified atom stereocenters. The van der Waals surface area contributed by atoms with Crippen LogP contribution in [0, 0.1) is 0 Å². The van der Waals surface area contributed by atoms with Crippen molar-refractivity contribution in [2.75, 3.05) is 13.2 Å². The van der Waals surface area contributed by atoms with E-state index in [9.17, 15) is 14.4 Å². The van der Waals surface area contributed by atoms with Gasteiger partial charge >= 0.3 is 17.9 Å². The molecule has 324 valence electrons. The van der Waals surface area contributed by atoms with Crippen LogP contribution in [-0.2, 0) is 28.6 Å². The second-order valence-corrected chi connectivity index (χ2v) is 13.8. The van der Waals surface area contributed by atoms with Gasteiger partial charge < -0.3 is 14.2 Å². The maximum absolute atomic E-state index is 12.7. The Kier molecular flexibility index (Phi) is 41.9.